The zero-order valence-electron chi connectivity index (χ0n) is 15.5. The van der Waals surface area contributed by atoms with E-state index in [0.29, 0.717) is 24.8 Å². The van der Waals surface area contributed by atoms with Crippen LogP contribution in [0.15, 0.2) is 36.9 Å². The summed E-state index contributed by atoms with van der Waals surface area (Å²) in [7, 11) is 2.04. The van der Waals surface area contributed by atoms with Gasteiger partial charge in [-0.15, -0.1) is 6.58 Å². The SMILES string of the molecule is C=CCC1(O)CCC(CC)(NC(=O)c2ccc(CN(C)SC)cc2)C1. The van der Waals surface area contributed by atoms with Gasteiger partial charge in [-0.25, -0.2) is 4.31 Å². The molecule has 0 aliphatic heterocycles. The minimum Gasteiger partial charge on any atom is -0.389 e. The second-order valence-corrected chi connectivity index (χ2v) is 8.14. The summed E-state index contributed by atoms with van der Waals surface area (Å²) in [6, 6.07) is 7.77. The van der Waals surface area contributed by atoms with Gasteiger partial charge in [0.25, 0.3) is 5.91 Å². The molecule has 0 saturated heterocycles. The summed E-state index contributed by atoms with van der Waals surface area (Å²) >= 11 is 1.68. The first-order valence-electron chi connectivity index (χ1n) is 8.85. The highest BCUT2D eigenvalue weighted by Gasteiger charge is 2.46. The van der Waals surface area contributed by atoms with E-state index in [-0.39, 0.29) is 11.4 Å². The van der Waals surface area contributed by atoms with Crippen LogP contribution in [0.4, 0.5) is 0 Å². The largest absolute Gasteiger partial charge is 0.389 e. The van der Waals surface area contributed by atoms with Gasteiger partial charge in [-0.3, -0.25) is 4.79 Å². The van der Waals surface area contributed by atoms with Gasteiger partial charge in [0.1, 0.15) is 0 Å². The summed E-state index contributed by atoms with van der Waals surface area (Å²) in [6.07, 6.45) is 7.28. The molecule has 0 spiro atoms. The molecule has 1 aliphatic carbocycles. The third-order valence-corrected chi connectivity index (χ3v) is 6.00. The zero-order chi connectivity index (χ0) is 18.5. The van der Waals surface area contributed by atoms with Crippen LogP contribution in [0.25, 0.3) is 0 Å². The Balaban J connectivity index is 2.04. The molecule has 0 aromatic heterocycles. The fraction of sp³-hybridized carbons (Fsp3) is 0.550. The van der Waals surface area contributed by atoms with Crippen LogP contribution in [-0.4, -0.2) is 39.8 Å². The molecule has 1 saturated carbocycles. The highest BCUT2D eigenvalue weighted by atomic mass is 32.2. The van der Waals surface area contributed by atoms with Crippen LogP contribution in [0.5, 0.6) is 0 Å². The Morgan fingerprint density at radius 3 is 2.64 bits per heavy atom. The smallest absolute Gasteiger partial charge is 0.251 e. The van der Waals surface area contributed by atoms with Gasteiger partial charge in [-0.1, -0.05) is 37.1 Å². The molecule has 2 unspecified atom stereocenters. The zero-order valence-corrected chi connectivity index (χ0v) is 16.4. The minimum absolute atomic E-state index is 0.0607. The normalized spacial score (nSPS) is 26.0. The number of hydrogen-bond donors (Lipinski definition) is 2. The number of carbonyl (C=O) groups excluding carboxylic acids is 1. The molecule has 4 nitrogen and oxygen atoms in total. The maximum absolute atomic E-state index is 12.7. The van der Waals surface area contributed by atoms with E-state index < -0.39 is 5.60 Å². The number of carbonyl (C=O) groups is 1. The van der Waals surface area contributed by atoms with Gasteiger partial charge in [0.05, 0.1) is 5.60 Å². The summed E-state index contributed by atoms with van der Waals surface area (Å²) in [5, 5.41) is 13.9. The summed E-state index contributed by atoms with van der Waals surface area (Å²) in [5.74, 6) is -0.0607. The fourth-order valence-corrected chi connectivity index (χ4v) is 3.89. The van der Waals surface area contributed by atoms with E-state index in [1.807, 2.05) is 37.6 Å². The van der Waals surface area contributed by atoms with E-state index in [9.17, 15) is 9.90 Å². The Kier molecular flexibility index (Phi) is 6.72. The van der Waals surface area contributed by atoms with Crippen molar-refractivity contribution in [2.24, 2.45) is 0 Å². The van der Waals surface area contributed by atoms with Crippen LogP contribution < -0.4 is 5.32 Å². The van der Waals surface area contributed by atoms with Crippen LogP contribution in [0.3, 0.4) is 0 Å². The third kappa shape index (κ3) is 5.09. The molecule has 1 aliphatic rings. The lowest BCUT2D eigenvalue weighted by Crippen LogP contribution is -2.47. The average Bonchev–Trinajstić information content (AvgIpc) is 2.93. The predicted molar refractivity (Wildman–Crippen MR) is 106 cm³/mol. The van der Waals surface area contributed by atoms with Crippen LogP contribution in [0.2, 0.25) is 0 Å². The highest BCUT2D eigenvalue weighted by molar-refractivity contribution is 7.96. The predicted octanol–water partition coefficient (Wildman–Crippen LogP) is 3.77. The fourth-order valence-electron chi connectivity index (χ4n) is 3.61. The molecule has 2 N–H and O–H groups in total. The van der Waals surface area contributed by atoms with E-state index in [0.717, 1.165) is 19.4 Å². The molecule has 1 fully saturated rings. The number of benzene rings is 1. The summed E-state index contributed by atoms with van der Waals surface area (Å²) in [5.41, 5.74) is 0.784. The molecular weight excluding hydrogens is 332 g/mol. The van der Waals surface area contributed by atoms with Gasteiger partial charge in [-0.2, -0.15) is 0 Å². The molecule has 0 radical (unpaired) electrons. The Hall–Kier alpha value is -1.30. The van der Waals surface area contributed by atoms with Crippen molar-refractivity contribution in [2.45, 2.75) is 56.7 Å². The van der Waals surface area contributed by atoms with Gasteiger partial charge in [-0.05, 0) is 63.1 Å². The molecule has 1 aromatic rings. The molecule has 138 valence electrons. The van der Waals surface area contributed by atoms with Crippen LogP contribution in [0, 0.1) is 0 Å². The second kappa shape index (κ2) is 8.39. The van der Waals surface area contributed by atoms with Crippen LogP contribution in [0.1, 0.15) is 54.9 Å². The van der Waals surface area contributed by atoms with Crippen molar-refractivity contribution >= 4 is 17.9 Å². The van der Waals surface area contributed by atoms with Gasteiger partial charge >= 0.3 is 0 Å². The topological polar surface area (TPSA) is 52.6 Å². The van der Waals surface area contributed by atoms with Gasteiger partial charge in [0.15, 0.2) is 0 Å². The lowest BCUT2D eigenvalue weighted by molar-refractivity contribution is 0.0409. The Bertz CT molecular complexity index is 604. The van der Waals surface area contributed by atoms with Crippen LogP contribution in [-0.2, 0) is 6.54 Å². The first-order valence-corrected chi connectivity index (χ1v) is 10.0. The number of hydrogen-bond acceptors (Lipinski definition) is 4. The average molecular weight is 363 g/mol. The van der Waals surface area contributed by atoms with Crippen molar-refractivity contribution < 1.29 is 9.90 Å². The highest BCUT2D eigenvalue weighted by Crippen LogP contribution is 2.42. The van der Waals surface area contributed by atoms with Crippen molar-refractivity contribution in [2.75, 3.05) is 13.3 Å². The Labute approximate surface area is 155 Å². The lowest BCUT2D eigenvalue weighted by atomic mass is 9.89. The second-order valence-electron chi connectivity index (χ2n) is 7.15. The molecule has 0 heterocycles. The molecule has 1 aromatic carbocycles. The number of amides is 1. The van der Waals surface area contributed by atoms with Crippen molar-refractivity contribution in [3.63, 3.8) is 0 Å². The minimum atomic E-state index is -0.739. The van der Waals surface area contributed by atoms with Gasteiger partial charge < -0.3 is 10.4 Å². The van der Waals surface area contributed by atoms with E-state index >= 15 is 0 Å². The molecule has 2 atom stereocenters. The van der Waals surface area contributed by atoms with E-state index in [1.165, 1.54) is 5.56 Å². The van der Waals surface area contributed by atoms with Crippen molar-refractivity contribution in [3.8, 4) is 0 Å². The molecule has 0 bridgehead atoms. The summed E-state index contributed by atoms with van der Waals surface area (Å²) in [6.45, 7) is 6.65. The molecule has 25 heavy (non-hydrogen) atoms. The standard InChI is InChI=1S/C20H30N2O2S/c1-5-11-20(24)13-12-19(6-2,15-20)21-18(23)17-9-7-16(8-10-17)14-22(3)25-4/h5,7-10,24H,1,6,11-15H2,2-4H3,(H,21,23). The molecule has 1 amide bonds. The van der Waals surface area contributed by atoms with Crippen molar-refractivity contribution in [1.82, 2.24) is 9.62 Å². The monoisotopic (exact) mass is 362 g/mol. The van der Waals surface area contributed by atoms with Crippen LogP contribution >= 0.6 is 11.9 Å². The van der Waals surface area contributed by atoms with E-state index in [4.69, 9.17) is 0 Å². The first-order chi connectivity index (χ1) is 11.9. The maximum Gasteiger partial charge on any atom is 0.251 e. The number of rotatable bonds is 8. The quantitative estimate of drug-likeness (QED) is 0.546. The van der Waals surface area contributed by atoms with E-state index in [2.05, 4.69) is 23.1 Å². The molecule has 5 heteroatoms. The number of nitrogens with zero attached hydrogens (tertiary/aromatic N) is 1. The first kappa shape index (κ1) is 20.0. The Morgan fingerprint density at radius 1 is 1.40 bits per heavy atom. The maximum atomic E-state index is 12.7. The number of aliphatic hydroxyl groups is 1. The van der Waals surface area contributed by atoms with Crippen molar-refractivity contribution in [1.29, 1.82) is 0 Å². The van der Waals surface area contributed by atoms with Gasteiger partial charge in [0.2, 0.25) is 0 Å². The Morgan fingerprint density at radius 2 is 2.08 bits per heavy atom. The van der Waals surface area contributed by atoms with E-state index in [1.54, 1.807) is 18.0 Å². The molecule has 2 rings (SSSR count). The summed E-state index contributed by atoms with van der Waals surface area (Å²) in [4.78, 5) is 12.7. The molecular formula is C20H30N2O2S. The third-order valence-electron chi connectivity index (χ3n) is 5.25. The summed E-state index contributed by atoms with van der Waals surface area (Å²) < 4.78 is 2.14. The van der Waals surface area contributed by atoms with Gasteiger partial charge in [0, 0.05) is 17.6 Å². The number of nitrogens with one attached hydrogen (secondary N) is 1. The lowest BCUT2D eigenvalue weighted by Gasteiger charge is -2.31. The van der Waals surface area contributed by atoms with Crippen molar-refractivity contribution in [3.05, 3.63) is 48.0 Å².